The summed E-state index contributed by atoms with van der Waals surface area (Å²) in [6.45, 7) is 2.99. The summed E-state index contributed by atoms with van der Waals surface area (Å²) < 4.78 is 7.18. The molecular weight excluding hydrogens is 376 g/mol. The van der Waals surface area contributed by atoms with E-state index in [9.17, 15) is 4.79 Å². The molecule has 1 N–H and O–H groups in total. The van der Waals surface area contributed by atoms with Gasteiger partial charge in [0, 0.05) is 19.3 Å². The number of imidazole rings is 1. The van der Waals surface area contributed by atoms with E-state index in [1.54, 1.807) is 23.2 Å². The van der Waals surface area contributed by atoms with E-state index in [4.69, 9.17) is 9.51 Å². The largest absolute Gasteiger partial charge is 0.339 e. The summed E-state index contributed by atoms with van der Waals surface area (Å²) in [6, 6.07) is 9.62. The van der Waals surface area contributed by atoms with Gasteiger partial charge < -0.3 is 9.42 Å². The van der Waals surface area contributed by atoms with Crippen molar-refractivity contribution < 1.29 is 9.32 Å². The molecule has 0 aliphatic carbocycles. The minimum Gasteiger partial charge on any atom is -0.339 e. The number of carbonyl (C=O) groups is 1. The van der Waals surface area contributed by atoms with Crippen molar-refractivity contribution in [2.45, 2.75) is 19.3 Å². The summed E-state index contributed by atoms with van der Waals surface area (Å²) in [6.07, 6.45) is 2.71. The predicted octanol–water partition coefficient (Wildman–Crippen LogP) is 3.78. The molecule has 0 radical (unpaired) electrons. The minimum absolute atomic E-state index is 0.0749. The zero-order chi connectivity index (χ0) is 19.1. The number of aromatic nitrogens is 4. The van der Waals surface area contributed by atoms with Gasteiger partial charge in [0.2, 0.25) is 5.89 Å². The number of urea groups is 1. The van der Waals surface area contributed by atoms with Crippen LogP contribution in [-0.2, 0) is 0 Å². The third-order valence-corrected chi connectivity index (χ3v) is 5.75. The number of anilines is 1. The topological polar surface area (TPSA) is 88.6 Å². The van der Waals surface area contributed by atoms with Crippen molar-refractivity contribution in [1.29, 1.82) is 0 Å². The zero-order valence-corrected chi connectivity index (χ0v) is 16.0. The molecule has 1 atom stereocenters. The van der Waals surface area contributed by atoms with Crippen LogP contribution >= 0.6 is 11.3 Å². The fraction of sp³-hybridized carbons (Fsp3) is 0.263. The quantitative estimate of drug-likeness (QED) is 0.571. The lowest BCUT2D eigenvalue weighted by atomic mass is 10.1. The molecule has 1 unspecified atom stereocenters. The second kappa shape index (κ2) is 6.75. The Labute approximate surface area is 164 Å². The highest BCUT2D eigenvalue weighted by molar-refractivity contribution is 7.13. The minimum atomic E-state index is -0.151. The number of amides is 2. The molecule has 4 aromatic rings. The smallest absolute Gasteiger partial charge is 0.323 e. The third kappa shape index (κ3) is 2.93. The molecule has 1 aliphatic rings. The number of hydrogen-bond donors (Lipinski definition) is 1. The van der Waals surface area contributed by atoms with Gasteiger partial charge in [0.1, 0.15) is 17.2 Å². The number of carbonyl (C=O) groups excluding carboxylic acids is 1. The summed E-state index contributed by atoms with van der Waals surface area (Å²) >= 11 is 1.60. The molecule has 0 spiro atoms. The predicted molar refractivity (Wildman–Crippen MR) is 105 cm³/mol. The summed E-state index contributed by atoms with van der Waals surface area (Å²) in [5.41, 5.74) is 1.57. The Balaban J connectivity index is 1.41. The number of thiophene rings is 1. The molecule has 1 saturated heterocycles. The molecule has 1 fully saturated rings. The average Bonchev–Trinajstić information content (AvgIpc) is 3.48. The van der Waals surface area contributed by atoms with E-state index in [0.717, 1.165) is 22.6 Å². The van der Waals surface area contributed by atoms with Gasteiger partial charge in [-0.2, -0.15) is 4.98 Å². The van der Waals surface area contributed by atoms with E-state index in [2.05, 4.69) is 15.5 Å². The van der Waals surface area contributed by atoms with E-state index in [1.807, 2.05) is 46.3 Å². The Bertz CT molecular complexity index is 1130. The first-order valence-electron chi connectivity index (χ1n) is 9.06. The lowest BCUT2D eigenvalue weighted by molar-refractivity contribution is 0.221. The molecule has 1 aliphatic heterocycles. The van der Waals surface area contributed by atoms with Gasteiger partial charge in [-0.05, 0) is 36.9 Å². The van der Waals surface area contributed by atoms with E-state index in [0.29, 0.717) is 30.6 Å². The molecule has 2 amide bonds. The van der Waals surface area contributed by atoms with Crippen LogP contribution in [0.1, 0.15) is 24.1 Å². The molecule has 5 rings (SSSR count). The maximum absolute atomic E-state index is 13.0. The number of nitrogens with one attached hydrogen (secondary N) is 1. The highest BCUT2D eigenvalue weighted by Crippen LogP contribution is 2.33. The molecule has 4 aromatic heterocycles. The Hall–Kier alpha value is -3.20. The van der Waals surface area contributed by atoms with E-state index in [-0.39, 0.29) is 11.9 Å². The van der Waals surface area contributed by atoms with Crippen LogP contribution in [0, 0.1) is 6.92 Å². The Morgan fingerprint density at radius 2 is 2.21 bits per heavy atom. The van der Waals surface area contributed by atoms with Gasteiger partial charge in [-0.15, -0.1) is 11.3 Å². The first-order chi connectivity index (χ1) is 13.7. The lowest BCUT2D eigenvalue weighted by Crippen LogP contribution is -2.33. The van der Waals surface area contributed by atoms with Gasteiger partial charge in [-0.1, -0.05) is 17.3 Å². The third-order valence-electron chi connectivity index (χ3n) is 4.88. The van der Waals surface area contributed by atoms with Crippen molar-refractivity contribution >= 4 is 28.8 Å². The number of nitrogens with zero attached hydrogens (tertiary/aromatic N) is 5. The molecule has 0 saturated carbocycles. The molecule has 8 nitrogen and oxygen atoms in total. The van der Waals surface area contributed by atoms with Gasteiger partial charge in [0.25, 0.3) is 0 Å². The van der Waals surface area contributed by atoms with Crippen LogP contribution in [0.15, 0.2) is 46.4 Å². The molecule has 142 valence electrons. The Morgan fingerprint density at radius 3 is 3.00 bits per heavy atom. The summed E-state index contributed by atoms with van der Waals surface area (Å²) in [5, 5.41) is 8.92. The molecule has 5 heterocycles. The number of likely N-dealkylation sites (tertiary alicyclic amines) is 1. The van der Waals surface area contributed by atoms with Gasteiger partial charge in [-0.25, -0.2) is 9.78 Å². The van der Waals surface area contributed by atoms with E-state index < -0.39 is 0 Å². The SMILES string of the molecule is Cc1noc(C2CCN(C(=O)Nc3c(-c4cccs4)nc4ccccn34)C2)n1. The number of hydrogen-bond acceptors (Lipinski definition) is 6. The van der Waals surface area contributed by atoms with Crippen molar-refractivity contribution in [3.63, 3.8) is 0 Å². The Morgan fingerprint density at radius 1 is 1.29 bits per heavy atom. The van der Waals surface area contributed by atoms with E-state index >= 15 is 0 Å². The van der Waals surface area contributed by atoms with Crippen LogP contribution in [-0.4, -0.2) is 43.5 Å². The van der Waals surface area contributed by atoms with Gasteiger partial charge in [0.05, 0.1) is 10.8 Å². The second-order valence-electron chi connectivity index (χ2n) is 6.76. The first-order valence-corrected chi connectivity index (χ1v) is 9.94. The monoisotopic (exact) mass is 394 g/mol. The second-order valence-corrected chi connectivity index (χ2v) is 7.70. The van der Waals surface area contributed by atoms with Crippen molar-refractivity contribution in [2.24, 2.45) is 0 Å². The molecule has 0 bridgehead atoms. The van der Waals surface area contributed by atoms with Crippen molar-refractivity contribution in [3.05, 3.63) is 53.6 Å². The van der Waals surface area contributed by atoms with Gasteiger partial charge in [-0.3, -0.25) is 9.72 Å². The average molecular weight is 394 g/mol. The highest BCUT2D eigenvalue weighted by atomic mass is 32.1. The van der Waals surface area contributed by atoms with Gasteiger partial charge >= 0.3 is 6.03 Å². The number of rotatable bonds is 3. The zero-order valence-electron chi connectivity index (χ0n) is 15.2. The van der Waals surface area contributed by atoms with Crippen LogP contribution in [0.4, 0.5) is 10.6 Å². The van der Waals surface area contributed by atoms with Crippen LogP contribution in [0.5, 0.6) is 0 Å². The lowest BCUT2D eigenvalue weighted by Gasteiger charge is -2.17. The molecular formula is C19H18N6O2S. The van der Waals surface area contributed by atoms with Gasteiger partial charge in [0.15, 0.2) is 5.82 Å². The van der Waals surface area contributed by atoms with Crippen LogP contribution in [0.25, 0.3) is 16.2 Å². The first kappa shape index (κ1) is 16.9. The van der Waals surface area contributed by atoms with Crippen molar-refractivity contribution in [3.8, 4) is 10.6 Å². The van der Waals surface area contributed by atoms with Crippen LogP contribution in [0.2, 0.25) is 0 Å². The summed E-state index contributed by atoms with van der Waals surface area (Å²) in [7, 11) is 0. The van der Waals surface area contributed by atoms with E-state index in [1.165, 1.54) is 0 Å². The maximum atomic E-state index is 13.0. The molecule has 0 aromatic carbocycles. The summed E-state index contributed by atoms with van der Waals surface area (Å²) in [4.78, 5) is 24.8. The summed E-state index contributed by atoms with van der Waals surface area (Å²) in [5.74, 6) is 1.97. The molecule has 9 heteroatoms. The van der Waals surface area contributed by atoms with Crippen molar-refractivity contribution in [2.75, 3.05) is 18.4 Å². The normalized spacial score (nSPS) is 16.8. The highest BCUT2D eigenvalue weighted by Gasteiger charge is 2.31. The molecule has 28 heavy (non-hydrogen) atoms. The Kier molecular flexibility index (Phi) is 4.09. The number of aryl methyl sites for hydroxylation is 1. The van der Waals surface area contributed by atoms with Crippen LogP contribution in [0.3, 0.4) is 0 Å². The number of pyridine rings is 1. The van der Waals surface area contributed by atoms with Crippen molar-refractivity contribution in [1.82, 2.24) is 24.4 Å². The standard InChI is InChI=1S/C19H18N6O2S/c1-12-20-18(27-23-12)13-7-9-24(11-13)19(26)22-17-16(14-5-4-10-28-14)21-15-6-2-3-8-25(15)17/h2-6,8,10,13H,7,9,11H2,1H3,(H,22,26). The maximum Gasteiger partial charge on any atom is 0.323 e. The fourth-order valence-electron chi connectivity index (χ4n) is 3.51. The fourth-order valence-corrected chi connectivity index (χ4v) is 4.22. The van der Waals surface area contributed by atoms with Crippen LogP contribution < -0.4 is 5.32 Å². The number of fused-ring (bicyclic) bond motifs is 1.